The molecule has 0 heterocycles. The van der Waals surface area contributed by atoms with Crippen molar-refractivity contribution < 1.29 is 58.9 Å². The smallest absolute Gasteiger partial charge is 0.338 e. The van der Waals surface area contributed by atoms with Crippen molar-refractivity contribution in [3.63, 3.8) is 0 Å². The number of benzene rings is 2. The molecule has 0 aromatic heterocycles. The van der Waals surface area contributed by atoms with E-state index in [1.165, 1.54) is 55.7 Å². The number of esters is 3. The summed E-state index contributed by atoms with van der Waals surface area (Å²) in [7, 11) is 2.33. The van der Waals surface area contributed by atoms with Crippen LogP contribution in [0.25, 0.3) is 12.2 Å². The van der Waals surface area contributed by atoms with Crippen molar-refractivity contribution in [1.29, 1.82) is 0 Å². The standard InChI is InChI=1S/C27H28O12/c1-36-26(35)27(37-2)13-17(25(34)38-10-9-16-4-7-19(29)21(31)12-16)24(33)22(14-27)39-23(32)8-5-15-3-6-18(28)20(30)11-15/h3-12,17,22,24,28-31,33H,13-14H2,1-2H3. The molecule has 4 unspecified atom stereocenters. The van der Waals surface area contributed by atoms with E-state index in [0.29, 0.717) is 11.1 Å². The van der Waals surface area contributed by atoms with Crippen LogP contribution in [0.2, 0.25) is 0 Å². The molecule has 208 valence electrons. The molecule has 5 N–H and O–H groups in total. The largest absolute Gasteiger partial charge is 0.504 e. The number of phenols is 4. The summed E-state index contributed by atoms with van der Waals surface area (Å²) in [5, 5.41) is 48.9. The molecular formula is C27H28O12. The predicted octanol–water partition coefficient (Wildman–Crippen LogP) is 1.98. The molecule has 2 aromatic rings. The number of carbonyl (C=O) groups excluding carboxylic acids is 3. The van der Waals surface area contributed by atoms with Gasteiger partial charge in [0.15, 0.2) is 28.6 Å². The average molecular weight is 545 g/mol. The number of aliphatic hydroxyl groups excluding tert-OH is 1. The number of hydrogen-bond acceptors (Lipinski definition) is 12. The first kappa shape index (κ1) is 29.0. The molecule has 0 amide bonds. The maximum atomic E-state index is 12.9. The molecule has 1 aliphatic rings. The number of phenolic OH excluding ortho intramolecular Hbond substituents is 4. The minimum atomic E-state index is -1.73. The molecule has 0 spiro atoms. The van der Waals surface area contributed by atoms with Gasteiger partial charge in [-0.1, -0.05) is 12.1 Å². The molecule has 1 fully saturated rings. The molecule has 12 nitrogen and oxygen atoms in total. The van der Waals surface area contributed by atoms with E-state index in [-0.39, 0.29) is 30.1 Å². The van der Waals surface area contributed by atoms with Gasteiger partial charge >= 0.3 is 17.9 Å². The minimum Gasteiger partial charge on any atom is -0.504 e. The predicted molar refractivity (Wildman–Crippen MR) is 134 cm³/mol. The monoisotopic (exact) mass is 544 g/mol. The van der Waals surface area contributed by atoms with Gasteiger partial charge in [-0.25, -0.2) is 9.59 Å². The van der Waals surface area contributed by atoms with Crippen molar-refractivity contribution in [1.82, 2.24) is 0 Å². The van der Waals surface area contributed by atoms with Gasteiger partial charge in [0.2, 0.25) is 0 Å². The summed E-state index contributed by atoms with van der Waals surface area (Å²) in [5.41, 5.74) is -0.979. The zero-order chi connectivity index (χ0) is 28.7. The molecule has 0 saturated heterocycles. The number of ether oxygens (including phenoxy) is 4. The second kappa shape index (κ2) is 12.3. The molecule has 0 radical (unpaired) electrons. The van der Waals surface area contributed by atoms with E-state index in [1.54, 1.807) is 0 Å². The normalized spacial score (nSPS) is 23.0. The van der Waals surface area contributed by atoms with Crippen LogP contribution in [-0.4, -0.2) is 75.5 Å². The van der Waals surface area contributed by atoms with Crippen molar-refractivity contribution in [2.75, 3.05) is 14.2 Å². The van der Waals surface area contributed by atoms with Crippen LogP contribution in [0.4, 0.5) is 0 Å². The fourth-order valence-electron chi connectivity index (χ4n) is 4.11. The molecule has 0 aliphatic heterocycles. The van der Waals surface area contributed by atoms with Crippen molar-refractivity contribution in [3.05, 3.63) is 59.9 Å². The van der Waals surface area contributed by atoms with Gasteiger partial charge in [-0.3, -0.25) is 4.79 Å². The number of aliphatic hydroxyl groups is 1. The average Bonchev–Trinajstić information content (AvgIpc) is 2.92. The highest BCUT2D eigenvalue weighted by molar-refractivity contribution is 5.88. The van der Waals surface area contributed by atoms with Crippen LogP contribution < -0.4 is 0 Å². The molecule has 1 saturated carbocycles. The molecule has 12 heteroatoms. The Morgan fingerprint density at radius 2 is 1.46 bits per heavy atom. The maximum Gasteiger partial charge on any atom is 0.338 e. The fourth-order valence-corrected chi connectivity index (χ4v) is 4.11. The number of methoxy groups -OCH3 is 2. The summed E-state index contributed by atoms with van der Waals surface area (Å²) in [5.74, 6) is -5.54. The third-order valence-corrected chi connectivity index (χ3v) is 6.25. The molecule has 1 aliphatic carbocycles. The Labute approximate surface area is 222 Å². The molecule has 0 bridgehead atoms. The van der Waals surface area contributed by atoms with E-state index >= 15 is 0 Å². The van der Waals surface area contributed by atoms with Crippen LogP contribution in [-0.2, 0) is 33.3 Å². The van der Waals surface area contributed by atoms with E-state index in [2.05, 4.69) is 0 Å². The van der Waals surface area contributed by atoms with Gasteiger partial charge in [0.1, 0.15) is 12.2 Å². The lowest BCUT2D eigenvalue weighted by Gasteiger charge is -2.42. The van der Waals surface area contributed by atoms with Crippen molar-refractivity contribution >= 4 is 30.1 Å². The third kappa shape index (κ3) is 6.86. The first-order chi connectivity index (χ1) is 18.5. The molecule has 2 aromatic carbocycles. The van der Waals surface area contributed by atoms with E-state index < -0.39 is 47.4 Å². The maximum absolute atomic E-state index is 12.9. The van der Waals surface area contributed by atoms with Gasteiger partial charge < -0.3 is 44.5 Å². The Balaban J connectivity index is 1.78. The van der Waals surface area contributed by atoms with Crippen LogP contribution >= 0.6 is 0 Å². The van der Waals surface area contributed by atoms with Crippen LogP contribution in [0.15, 0.2) is 48.7 Å². The molecular weight excluding hydrogens is 516 g/mol. The SMILES string of the molecule is COC(=O)C1(OC)CC(OC(=O)C=Cc2ccc(O)c(O)c2)C(O)C(C(=O)OC=Cc2ccc(O)c(O)c2)C1. The van der Waals surface area contributed by atoms with Crippen LogP contribution in [0.1, 0.15) is 24.0 Å². The lowest BCUT2D eigenvalue weighted by molar-refractivity contribution is -0.200. The van der Waals surface area contributed by atoms with E-state index in [0.717, 1.165) is 19.4 Å². The van der Waals surface area contributed by atoms with Gasteiger partial charge in [-0.2, -0.15) is 0 Å². The summed E-state index contributed by atoms with van der Waals surface area (Å²) in [6.45, 7) is 0. The van der Waals surface area contributed by atoms with Crippen LogP contribution in [0.5, 0.6) is 23.0 Å². The van der Waals surface area contributed by atoms with Gasteiger partial charge in [0.25, 0.3) is 0 Å². The zero-order valence-corrected chi connectivity index (χ0v) is 21.0. The van der Waals surface area contributed by atoms with Gasteiger partial charge in [0, 0.05) is 26.0 Å². The first-order valence-corrected chi connectivity index (χ1v) is 11.6. The van der Waals surface area contributed by atoms with Gasteiger partial charge in [-0.15, -0.1) is 0 Å². The van der Waals surface area contributed by atoms with Gasteiger partial charge in [0.05, 0.1) is 19.3 Å². The van der Waals surface area contributed by atoms with Gasteiger partial charge in [-0.05, 0) is 47.5 Å². The van der Waals surface area contributed by atoms with E-state index in [9.17, 15) is 39.9 Å². The highest BCUT2D eigenvalue weighted by Crippen LogP contribution is 2.39. The number of carbonyl (C=O) groups is 3. The number of hydrogen-bond donors (Lipinski definition) is 5. The minimum absolute atomic E-state index is 0.316. The molecule has 4 atom stereocenters. The third-order valence-electron chi connectivity index (χ3n) is 6.25. The number of rotatable bonds is 8. The quantitative estimate of drug-likeness (QED) is 0.107. The summed E-state index contributed by atoms with van der Waals surface area (Å²) < 4.78 is 20.7. The lowest BCUT2D eigenvalue weighted by Crippen LogP contribution is -2.58. The summed E-state index contributed by atoms with van der Waals surface area (Å²) in [4.78, 5) is 38.0. The Morgan fingerprint density at radius 1 is 0.872 bits per heavy atom. The van der Waals surface area contributed by atoms with E-state index in [4.69, 9.17) is 18.9 Å². The van der Waals surface area contributed by atoms with Crippen molar-refractivity contribution in [3.8, 4) is 23.0 Å². The second-order valence-electron chi connectivity index (χ2n) is 8.74. The van der Waals surface area contributed by atoms with Crippen LogP contribution in [0, 0.1) is 5.92 Å². The fraction of sp³-hybridized carbons (Fsp3) is 0.296. The summed E-state index contributed by atoms with van der Waals surface area (Å²) in [6, 6.07) is 7.78. The summed E-state index contributed by atoms with van der Waals surface area (Å²) in [6.07, 6.45) is 1.01. The van der Waals surface area contributed by atoms with E-state index in [1.807, 2.05) is 0 Å². The zero-order valence-electron chi connectivity index (χ0n) is 21.0. The number of aromatic hydroxyl groups is 4. The van der Waals surface area contributed by atoms with Crippen molar-refractivity contribution in [2.24, 2.45) is 5.92 Å². The molecule has 39 heavy (non-hydrogen) atoms. The molecule has 3 rings (SSSR count). The first-order valence-electron chi connectivity index (χ1n) is 11.6. The second-order valence-corrected chi connectivity index (χ2v) is 8.74. The van der Waals surface area contributed by atoms with Crippen LogP contribution in [0.3, 0.4) is 0 Å². The lowest BCUT2D eigenvalue weighted by atomic mass is 9.74. The van der Waals surface area contributed by atoms with Crippen molar-refractivity contribution in [2.45, 2.75) is 30.7 Å². The Hall–Kier alpha value is -4.55. The summed E-state index contributed by atoms with van der Waals surface area (Å²) >= 11 is 0. The Bertz CT molecular complexity index is 1280. The topological polar surface area (TPSA) is 189 Å². The Morgan fingerprint density at radius 3 is 2.00 bits per heavy atom. The Kier molecular flexibility index (Phi) is 9.17. The highest BCUT2D eigenvalue weighted by atomic mass is 16.6. The highest BCUT2D eigenvalue weighted by Gasteiger charge is 2.55.